The maximum Gasteiger partial charge on any atom is 0.337 e. The Kier molecular flexibility index (Phi) is 6.82. The lowest BCUT2D eigenvalue weighted by Crippen LogP contribution is -2.25. The highest BCUT2D eigenvalue weighted by atomic mass is 16.5. The molecule has 0 unspecified atom stereocenters. The van der Waals surface area contributed by atoms with Gasteiger partial charge in [-0.15, -0.1) is 0 Å². The fourth-order valence-electron chi connectivity index (χ4n) is 3.60. The molecule has 0 aliphatic rings. The summed E-state index contributed by atoms with van der Waals surface area (Å²) < 4.78 is 6.15. The van der Waals surface area contributed by atoms with Gasteiger partial charge >= 0.3 is 5.97 Å². The molecule has 0 fully saturated rings. The van der Waals surface area contributed by atoms with Gasteiger partial charge < -0.3 is 15.8 Å². The van der Waals surface area contributed by atoms with Crippen molar-refractivity contribution in [3.63, 3.8) is 0 Å². The number of fused-ring (bicyclic) bond motifs is 2. The number of hydrogen-bond acceptors (Lipinski definition) is 7. The number of nitrogens with zero attached hydrogens (tertiary/aromatic N) is 4. The molecule has 0 aliphatic heterocycles. The number of ether oxygens (including phenoxy) is 1. The van der Waals surface area contributed by atoms with E-state index in [1.165, 1.54) is 11.8 Å². The van der Waals surface area contributed by atoms with E-state index in [-0.39, 0.29) is 17.3 Å². The summed E-state index contributed by atoms with van der Waals surface area (Å²) in [7, 11) is 1.33. The van der Waals surface area contributed by atoms with Gasteiger partial charge in [-0.05, 0) is 36.2 Å². The van der Waals surface area contributed by atoms with E-state index in [0.29, 0.717) is 34.3 Å². The number of methoxy groups -OCH3 is 1. The van der Waals surface area contributed by atoms with E-state index in [1.54, 1.807) is 30.5 Å². The average Bonchev–Trinajstić information content (AvgIpc) is 3.13. The molecule has 0 atom stereocenters. The number of anilines is 1. The SMILES string of the molecule is CCCCCNC(=O)c1c(N)n(N=Cc2ccc(C(=O)OC)cc2)c2nc3ccccc3nc12. The number of benzene rings is 2. The summed E-state index contributed by atoms with van der Waals surface area (Å²) in [6.07, 6.45) is 4.55. The van der Waals surface area contributed by atoms with Crippen molar-refractivity contribution in [1.82, 2.24) is 20.0 Å². The molecule has 4 rings (SSSR count). The van der Waals surface area contributed by atoms with Gasteiger partial charge in [0.2, 0.25) is 0 Å². The van der Waals surface area contributed by atoms with Crippen LogP contribution < -0.4 is 11.1 Å². The molecule has 0 spiro atoms. The van der Waals surface area contributed by atoms with Gasteiger partial charge in [0.25, 0.3) is 5.91 Å². The highest BCUT2D eigenvalue weighted by Crippen LogP contribution is 2.27. The van der Waals surface area contributed by atoms with E-state index in [9.17, 15) is 9.59 Å². The standard InChI is InChI=1S/C25H26N6O3/c1-3-4-7-14-27-24(32)20-21-23(30-19-9-6-5-8-18(19)29-21)31(22(20)26)28-15-16-10-12-17(13-11-16)25(33)34-2/h5-6,8-13,15H,3-4,7,14,26H2,1-2H3,(H,27,32). The number of rotatable bonds is 8. The molecule has 0 radical (unpaired) electrons. The zero-order chi connectivity index (χ0) is 24.1. The van der Waals surface area contributed by atoms with E-state index in [4.69, 9.17) is 10.5 Å². The summed E-state index contributed by atoms with van der Waals surface area (Å²) >= 11 is 0. The minimum Gasteiger partial charge on any atom is -0.465 e. The third-order valence-electron chi connectivity index (χ3n) is 5.42. The average molecular weight is 459 g/mol. The molecule has 2 aromatic carbocycles. The van der Waals surface area contributed by atoms with Crippen LogP contribution in [0.25, 0.3) is 22.2 Å². The number of unbranched alkanes of at least 4 members (excludes halogenated alkanes) is 2. The largest absolute Gasteiger partial charge is 0.465 e. The normalized spacial score (nSPS) is 11.4. The molecule has 2 heterocycles. The van der Waals surface area contributed by atoms with Crippen LogP contribution in [-0.2, 0) is 4.74 Å². The van der Waals surface area contributed by atoms with Gasteiger partial charge in [-0.2, -0.15) is 9.78 Å². The van der Waals surface area contributed by atoms with Crippen LogP contribution in [0.5, 0.6) is 0 Å². The van der Waals surface area contributed by atoms with Crippen molar-refractivity contribution in [2.24, 2.45) is 5.10 Å². The van der Waals surface area contributed by atoms with Gasteiger partial charge in [-0.3, -0.25) is 4.79 Å². The lowest BCUT2D eigenvalue weighted by Gasteiger charge is -2.05. The molecule has 0 saturated heterocycles. The molecule has 3 N–H and O–H groups in total. The molecule has 1 amide bonds. The van der Waals surface area contributed by atoms with Crippen LogP contribution in [0.3, 0.4) is 0 Å². The smallest absolute Gasteiger partial charge is 0.337 e. The number of aromatic nitrogens is 3. The number of carbonyl (C=O) groups excluding carboxylic acids is 2. The predicted molar refractivity (Wildman–Crippen MR) is 132 cm³/mol. The number of hydrogen-bond donors (Lipinski definition) is 2. The second kappa shape index (κ2) is 10.1. The summed E-state index contributed by atoms with van der Waals surface area (Å²) in [5.41, 5.74) is 9.93. The summed E-state index contributed by atoms with van der Waals surface area (Å²) in [6.45, 7) is 2.66. The highest BCUT2D eigenvalue weighted by Gasteiger charge is 2.23. The van der Waals surface area contributed by atoms with Gasteiger partial charge in [0.05, 0.1) is 29.9 Å². The summed E-state index contributed by atoms with van der Waals surface area (Å²) in [5, 5.41) is 7.41. The summed E-state index contributed by atoms with van der Waals surface area (Å²) in [5.74, 6) is -0.568. The highest BCUT2D eigenvalue weighted by molar-refractivity contribution is 6.10. The van der Waals surface area contributed by atoms with E-state index in [2.05, 4.69) is 27.3 Å². The number of carbonyl (C=O) groups is 2. The van der Waals surface area contributed by atoms with E-state index in [0.717, 1.165) is 24.8 Å². The van der Waals surface area contributed by atoms with Crippen LogP contribution in [0, 0.1) is 0 Å². The molecule has 0 saturated carbocycles. The molecule has 4 aromatic rings. The lowest BCUT2D eigenvalue weighted by atomic mass is 10.1. The van der Waals surface area contributed by atoms with Crippen LogP contribution in [0.15, 0.2) is 53.6 Å². The van der Waals surface area contributed by atoms with Crippen molar-refractivity contribution in [2.75, 3.05) is 19.4 Å². The third kappa shape index (κ3) is 4.59. The molecule has 0 bridgehead atoms. The van der Waals surface area contributed by atoms with Crippen molar-refractivity contribution in [3.8, 4) is 0 Å². The first-order chi connectivity index (χ1) is 16.5. The van der Waals surface area contributed by atoms with Crippen molar-refractivity contribution in [2.45, 2.75) is 26.2 Å². The van der Waals surface area contributed by atoms with E-state index >= 15 is 0 Å². The second-order valence-electron chi connectivity index (χ2n) is 7.78. The van der Waals surface area contributed by atoms with Gasteiger partial charge in [0, 0.05) is 6.54 Å². The van der Waals surface area contributed by atoms with Gasteiger partial charge in [-0.1, -0.05) is 44.0 Å². The molecular formula is C25H26N6O3. The molecular weight excluding hydrogens is 432 g/mol. The molecule has 2 aromatic heterocycles. The first-order valence-corrected chi connectivity index (χ1v) is 11.1. The number of nitrogens with two attached hydrogens (primary N) is 1. The molecule has 0 aliphatic carbocycles. The van der Waals surface area contributed by atoms with Gasteiger partial charge in [0.15, 0.2) is 5.65 Å². The van der Waals surface area contributed by atoms with Crippen LogP contribution >= 0.6 is 0 Å². The minimum atomic E-state index is -0.416. The monoisotopic (exact) mass is 458 g/mol. The number of para-hydroxylation sites is 2. The third-order valence-corrected chi connectivity index (χ3v) is 5.42. The van der Waals surface area contributed by atoms with Crippen LogP contribution in [0.1, 0.15) is 52.5 Å². The van der Waals surface area contributed by atoms with Crippen molar-refractivity contribution in [3.05, 3.63) is 65.2 Å². The van der Waals surface area contributed by atoms with Gasteiger partial charge in [0.1, 0.15) is 16.9 Å². The Bertz CT molecular complexity index is 1380. The molecule has 9 nitrogen and oxygen atoms in total. The summed E-state index contributed by atoms with van der Waals surface area (Å²) in [4.78, 5) is 34.0. The van der Waals surface area contributed by atoms with E-state index in [1.807, 2.05) is 24.3 Å². The Morgan fingerprint density at radius 3 is 2.47 bits per heavy atom. The van der Waals surface area contributed by atoms with Gasteiger partial charge in [-0.25, -0.2) is 14.8 Å². The zero-order valence-electron chi connectivity index (χ0n) is 19.1. The zero-order valence-corrected chi connectivity index (χ0v) is 19.1. The van der Waals surface area contributed by atoms with Crippen molar-refractivity contribution in [1.29, 1.82) is 0 Å². The first kappa shape index (κ1) is 22.9. The number of esters is 1. The molecule has 174 valence electrons. The van der Waals surface area contributed by atoms with E-state index < -0.39 is 5.97 Å². The number of nitrogen functional groups attached to an aromatic ring is 1. The fraction of sp³-hybridized carbons (Fsp3) is 0.240. The predicted octanol–water partition coefficient (Wildman–Crippen LogP) is 3.76. The van der Waals surface area contributed by atoms with Crippen molar-refractivity contribution >= 4 is 46.1 Å². The first-order valence-electron chi connectivity index (χ1n) is 11.1. The maximum absolute atomic E-state index is 13.0. The Labute approximate surface area is 196 Å². The lowest BCUT2D eigenvalue weighted by molar-refractivity contribution is 0.0600. The van der Waals surface area contributed by atoms with Crippen LogP contribution in [0.2, 0.25) is 0 Å². The van der Waals surface area contributed by atoms with Crippen molar-refractivity contribution < 1.29 is 14.3 Å². The van der Waals surface area contributed by atoms with Crippen LogP contribution in [-0.4, -0.2) is 46.4 Å². The minimum absolute atomic E-state index is 0.153. The summed E-state index contributed by atoms with van der Waals surface area (Å²) in [6, 6.07) is 14.2. The quantitative estimate of drug-likeness (QED) is 0.235. The Hall–Kier alpha value is -4.27. The van der Waals surface area contributed by atoms with Crippen LogP contribution in [0.4, 0.5) is 5.82 Å². The number of amides is 1. The fourth-order valence-corrected chi connectivity index (χ4v) is 3.60. The second-order valence-corrected chi connectivity index (χ2v) is 7.78. The Morgan fingerprint density at radius 1 is 1.09 bits per heavy atom. The molecule has 9 heteroatoms. The molecule has 34 heavy (non-hydrogen) atoms. The Morgan fingerprint density at radius 2 is 1.79 bits per heavy atom. The Balaban J connectivity index is 1.75. The maximum atomic E-state index is 13.0. The number of nitrogens with one attached hydrogen (secondary N) is 1. The topological polar surface area (TPSA) is 124 Å².